The summed E-state index contributed by atoms with van der Waals surface area (Å²) in [5, 5.41) is 5.98. The molecule has 2 aromatic rings. The molecule has 4 nitrogen and oxygen atoms in total. The number of hydrogen-bond donors (Lipinski definition) is 0. The molecule has 2 aromatic heterocycles. The summed E-state index contributed by atoms with van der Waals surface area (Å²) in [7, 11) is 1.80. The highest BCUT2D eigenvalue weighted by Crippen LogP contribution is 2.22. The maximum atomic E-state index is 12.2. The Hall–Kier alpha value is -0.790. The molecule has 0 aliphatic heterocycles. The molecule has 2 rings (SSSR count). The van der Waals surface area contributed by atoms with Gasteiger partial charge in [0.05, 0.1) is 12.2 Å². The van der Waals surface area contributed by atoms with E-state index in [0.717, 1.165) is 21.5 Å². The van der Waals surface area contributed by atoms with Gasteiger partial charge in [-0.25, -0.2) is 0 Å². The van der Waals surface area contributed by atoms with Crippen LogP contribution in [0.25, 0.3) is 0 Å². The maximum Gasteiger partial charge on any atom is 0.267 e. The maximum absolute atomic E-state index is 12.2. The van der Waals surface area contributed by atoms with E-state index in [1.807, 2.05) is 18.4 Å². The minimum absolute atomic E-state index is 0.00799. The molecule has 7 heteroatoms. The van der Waals surface area contributed by atoms with Crippen LogP contribution in [0.2, 0.25) is 0 Å². The predicted molar refractivity (Wildman–Crippen MR) is 77.1 cm³/mol. The molecular formula is C11H12BrN3OS2. The number of aromatic nitrogens is 2. The Balaban J connectivity index is 2.09. The van der Waals surface area contributed by atoms with Gasteiger partial charge in [0.15, 0.2) is 0 Å². The van der Waals surface area contributed by atoms with Crippen molar-refractivity contribution in [1.29, 1.82) is 0 Å². The number of thiophene rings is 1. The molecule has 0 saturated carbocycles. The molecule has 0 fully saturated rings. The van der Waals surface area contributed by atoms with E-state index in [1.165, 1.54) is 11.5 Å². The van der Waals surface area contributed by atoms with Gasteiger partial charge in [-0.3, -0.25) is 4.79 Å². The van der Waals surface area contributed by atoms with E-state index in [9.17, 15) is 4.79 Å². The summed E-state index contributed by atoms with van der Waals surface area (Å²) in [6.45, 7) is 2.58. The number of carbonyl (C=O) groups is 1. The van der Waals surface area contributed by atoms with Crippen LogP contribution in [0.5, 0.6) is 0 Å². The second-order valence-corrected chi connectivity index (χ2v) is 6.46. The average molecular weight is 346 g/mol. The zero-order valence-corrected chi connectivity index (χ0v) is 13.2. The van der Waals surface area contributed by atoms with E-state index < -0.39 is 0 Å². The fourth-order valence-electron chi connectivity index (χ4n) is 1.52. The lowest BCUT2D eigenvalue weighted by Gasteiger charge is -2.15. The number of amides is 1. The van der Waals surface area contributed by atoms with Gasteiger partial charge in [0, 0.05) is 21.8 Å². The van der Waals surface area contributed by atoms with Crippen LogP contribution >= 0.6 is 38.8 Å². The van der Waals surface area contributed by atoms with Gasteiger partial charge in [-0.05, 0) is 39.9 Å². The summed E-state index contributed by atoms with van der Waals surface area (Å²) in [6, 6.07) is 2.03. The Morgan fingerprint density at radius 1 is 1.56 bits per heavy atom. The minimum atomic E-state index is -0.00799. The average Bonchev–Trinajstić information content (AvgIpc) is 2.96. The molecular weight excluding hydrogens is 334 g/mol. The van der Waals surface area contributed by atoms with Gasteiger partial charge >= 0.3 is 0 Å². The van der Waals surface area contributed by atoms with Crippen LogP contribution in [0.15, 0.2) is 15.9 Å². The van der Waals surface area contributed by atoms with E-state index in [2.05, 4.69) is 25.5 Å². The fraction of sp³-hybridized carbons (Fsp3) is 0.364. The Labute approximate surface area is 122 Å². The molecule has 0 atom stereocenters. The number of rotatable bonds is 4. The summed E-state index contributed by atoms with van der Waals surface area (Å²) >= 11 is 6.21. The highest BCUT2D eigenvalue weighted by molar-refractivity contribution is 9.10. The number of halogens is 1. The molecule has 0 unspecified atom stereocenters. The first-order valence-corrected chi connectivity index (χ1v) is 7.86. The lowest BCUT2D eigenvalue weighted by Crippen LogP contribution is -2.25. The molecule has 2 heterocycles. The van der Waals surface area contributed by atoms with E-state index >= 15 is 0 Å². The first-order valence-electron chi connectivity index (χ1n) is 5.41. The first kappa shape index (κ1) is 13.6. The third-order valence-corrected chi connectivity index (χ3v) is 4.88. The Kier molecular flexibility index (Phi) is 4.47. The van der Waals surface area contributed by atoms with Crippen molar-refractivity contribution in [3.8, 4) is 0 Å². The van der Waals surface area contributed by atoms with Crippen LogP contribution in [0.3, 0.4) is 0 Å². The van der Waals surface area contributed by atoms with Crippen molar-refractivity contribution in [1.82, 2.24) is 14.5 Å². The molecule has 0 radical (unpaired) electrons. The van der Waals surface area contributed by atoms with Gasteiger partial charge in [0.25, 0.3) is 5.91 Å². The fourth-order valence-corrected chi connectivity index (χ4v) is 3.77. The monoisotopic (exact) mass is 345 g/mol. The van der Waals surface area contributed by atoms with Crippen molar-refractivity contribution in [2.45, 2.75) is 19.9 Å². The smallest absolute Gasteiger partial charge is 0.267 e. The molecule has 0 saturated heterocycles. The molecule has 0 N–H and O–H groups in total. The van der Waals surface area contributed by atoms with Crippen LogP contribution in [0.1, 0.15) is 27.2 Å². The summed E-state index contributed by atoms with van der Waals surface area (Å²) in [5.74, 6) is -0.00799. The van der Waals surface area contributed by atoms with Crippen molar-refractivity contribution in [2.75, 3.05) is 7.05 Å². The third kappa shape index (κ3) is 2.96. The Morgan fingerprint density at radius 3 is 2.94 bits per heavy atom. The van der Waals surface area contributed by atoms with E-state index in [-0.39, 0.29) is 5.91 Å². The van der Waals surface area contributed by atoms with Crippen LogP contribution in [0, 0.1) is 0 Å². The van der Waals surface area contributed by atoms with Gasteiger partial charge in [-0.2, -0.15) is 0 Å². The largest absolute Gasteiger partial charge is 0.336 e. The lowest BCUT2D eigenvalue weighted by atomic mass is 10.3. The second-order valence-electron chi connectivity index (χ2n) is 3.79. The summed E-state index contributed by atoms with van der Waals surface area (Å²) in [5.41, 5.74) is 0.782. The zero-order valence-electron chi connectivity index (χ0n) is 10.0. The molecule has 0 aliphatic rings. The molecule has 0 aliphatic carbocycles. The van der Waals surface area contributed by atoms with Gasteiger partial charge in [0.2, 0.25) is 0 Å². The lowest BCUT2D eigenvalue weighted by molar-refractivity contribution is 0.0790. The number of aryl methyl sites for hydroxylation is 1. The minimum Gasteiger partial charge on any atom is -0.336 e. The standard InChI is InChI=1S/C11H12BrN3OS2/c1-3-9-10(18-14-13-9)11(16)15(2)5-8-4-7(12)6-17-8/h4,6H,3,5H2,1-2H3. The van der Waals surface area contributed by atoms with Gasteiger partial charge in [-0.1, -0.05) is 11.4 Å². The quantitative estimate of drug-likeness (QED) is 0.854. The van der Waals surface area contributed by atoms with Gasteiger partial charge in [-0.15, -0.1) is 16.4 Å². The molecule has 18 heavy (non-hydrogen) atoms. The normalized spacial score (nSPS) is 10.6. The molecule has 96 valence electrons. The van der Waals surface area contributed by atoms with Crippen LogP contribution in [-0.2, 0) is 13.0 Å². The van der Waals surface area contributed by atoms with E-state index in [4.69, 9.17) is 0 Å². The summed E-state index contributed by atoms with van der Waals surface area (Å²) < 4.78 is 4.90. The van der Waals surface area contributed by atoms with Crippen molar-refractivity contribution in [3.63, 3.8) is 0 Å². The van der Waals surface area contributed by atoms with Crippen LogP contribution in [0.4, 0.5) is 0 Å². The molecule has 1 amide bonds. The SMILES string of the molecule is CCc1nnsc1C(=O)N(C)Cc1cc(Br)cs1. The van der Waals surface area contributed by atoms with Crippen molar-refractivity contribution in [2.24, 2.45) is 0 Å². The van der Waals surface area contributed by atoms with Gasteiger partial charge < -0.3 is 4.90 Å². The van der Waals surface area contributed by atoms with E-state index in [0.29, 0.717) is 11.4 Å². The Bertz CT molecular complexity index is 552. The summed E-state index contributed by atoms with van der Waals surface area (Å²) in [6.07, 6.45) is 0.732. The first-order chi connectivity index (χ1) is 8.61. The second kappa shape index (κ2) is 5.90. The molecule has 0 spiro atoms. The number of carbonyl (C=O) groups excluding carboxylic acids is 1. The van der Waals surface area contributed by atoms with E-state index in [1.54, 1.807) is 23.3 Å². The number of nitrogens with zero attached hydrogens (tertiary/aromatic N) is 3. The molecule has 0 aromatic carbocycles. The highest BCUT2D eigenvalue weighted by Gasteiger charge is 2.19. The van der Waals surface area contributed by atoms with Crippen LogP contribution < -0.4 is 0 Å². The molecule has 0 bridgehead atoms. The zero-order chi connectivity index (χ0) is 13.1. The summed E-state index contributed by atoms with van der Waals surface area (Å²) in [4.78, 5) is 15.7. The predicted octanol–water partition coefficient (Wildman–Crippen LogP) is 3.20. The Morgan fingerprint density at radius 2 is 2.33 bits per heavy atom. The number of hydrogen-bond acceptors (Lipinski definition) is 5. The topological polar surface area (TPSA) is 46.1 Å². The van der Waals surface area contributed by atoms with Crippen molar-refractivity contribution in [3.05, 3.63) is 31.4 Å². The van der Waals surface area contributed by atoms with Crippen molar-refractivity contribution < 1.29 is 4.79 Å². The van der Waals surface area contributed by atoms with Gasteiger partial charge in [0.1, 0.15) is 4.88 Å². The highest BCUT2D eigenvalue weighted by atomic mass is 79.9. The van der Waals surface area contributed by atoms with Crippen molar-refractivity contribution >= 4 is 44.7 Å². The van der Waals surface area contributed by atoms with Crippen LogP contribution in [-0.4, -0.2) is 27.4 Å². The third-order valence-electron chi connectivity index (χ3n) is 2.45.